The van der Waals surface area contributed by atoms with E-state index in [1.165, 1.54) is 40.3 Å². The van der Waals surface area contributed by atoms with Crippen molar-refractivity contribution in [2.75, 3.05) is 35.0 Å². The molecule has 33 heavy (non-hydrogen) atoms. The molecule has 10 nitrogen and oxygen atoms in total. The van der Waals surface area contributed by atoms with Gasteiger partial charge < -0.3 is 28.8 Å². The second-order valence-electron chi connectivity index (χ2n) is 7.25. The maximum atomic E-state index is 13.2. The van der Waals surface area contributed by atoms with Gasteiger partial charge >= 0.3 is 11.9 Å². The van der Waals surface area contributed by atoms with Crippen LogP contribution in [0.15, 0.2) is 18.2 Å². The van der Waals surface area contributed by atoms with Gasteiger partial charge in [0.25, 0.3) is 0 Å². The first kappa shape index (κ1) is 25.4. The molecule has 0 aliphatic carbocycles. The third-order valence-electron chi connectivity index (χ3n) is 5.08. The number of H-pyrrole nitrogens is 1. The van der Waals surface area contributed by atoms with Crippen molar-refractivity contribution in [2.45, 2.75) is 26.8 Å². The lowest BCUT2D eigenvalue weighted by Crippen LogP contribution is -2.37. The molecule has 0 spiro atoms. The number of Topliss-reactive ketones (excluding diaryl/α,β-unsaturated/α-hetero) is 1. The average Bonchev–Trinajstić information content (AvgIpc) is 3.13. The van der Waals surface area contributed by atoms with Crippen LogP contribution in [0.5, 0.6) is 11.5 Å². The van der Waals surface area contributed by atoms with Gasteiger partial charge in [-0.05, 0) is 30.2 Å². The Kier molecular flexibility index (Phi) is 8.61. The van der Waals surface area contributed by atoms with Gasteiger partial charge in [0.15, 0.2) is 5.78 Å². The Morgan fingerprint density at radius 2 is 1.55 bits per heavy atom. The molecule has 0 aliphatic rings. The number of nitrogens with one attached hydrogen (secondary N) is 1. The number of aromatic nitrogens is 1. The molecule has 0 aliphatic heterocycles. The fraction of sp³-hybridized carbons (Fsp3) is 0.391. The number of carbonyl (C=O) groups is 4. The molecular formula is C23H28N2O8. The van der Waals surface area contributed by atoms with Crippen molar-refractivity contribution in [2.24, 2.45) is 0 Å². The molecule has 0 atom stereocenters. The third kappa shape index (κ3) is 6.12. The Balaban J connectivity index is 2.41. The van der Waals surface area contributed by atoms with Crippen LogP contribution in [0.2, 0.25) is 0 Å². The summed E-state index contributed by atoms with van der Waals surface area (Å²) >= 11 is 0. The van der Waals surface area contributed by atoms with Crippen LogP contribution in [0, 0.1) is 6.92 Å². The SMILES string of the molecule is COC(=O)CN(Cc1cc(OC)cc(OC)c1)C(=O)Cc1[nH]c(C(C)=O)c(C)c1C(=O)OC. The van der Waals surface area contributed by atoms with Crippen LogP contribution in [0.1, 0.15) is 44.6 Å². The highest BCUT2D eigenvalue weighted by Crippen LogP contribution is 2.25. The van der Waals surface area contributed by atoms with Gasteiger partial charge in [-0.1, -0.05) is 0 Å². The van der Waals surface area contributed by atoms with E-state index in [1.54, 1.807) is 25.1 Å². The zero-order valence-corrected chi connectivity index (χ0v) is 19.6. The lowest BCUT2D eigenvalue weighted by atomic mass is 10.1. The summed E-state index contributed by atoms with van der Waals surface area (Å²) in [5.41, 5.74) is 1.62. The number of hydrogen-bond acceptors (Lipinski definition) is 8. The van der Waals surface area contributed by atoms with Crippen LogP contribution in [0.4, 0.5) is 0 Å². The monoisotopic (exact) mass is 460 g/mol. The Labute approximate surface area is 191 Å². The molecule has 10 heteroatoms. The first-order valence-electron chi connectivity index (χ1n) is 10.0. The normalized spacial score (nSPS) is 10.4. The summed E-state index contributed by atoms with van der Waals surface area (Å²) < 4.78 is 20.1. The number of rotatable bonds is 10. The quantitative estimate of drug-likeness (QED) is 0.422. The van der Waals surface area contributed by atoms with E-state index in [0.29, 0.717) is 22.6 Å². The number of amides is 1. The summed E-state index contributed by atoms with van der Waals surface area (Å²) in [7, 11) is 5.45. The zero-order chi connectivity index (χ0) is 24.7. The predicted octanol–water partition coefficient (Wildman–Crippen LogP) is 2.07. The summed E-state index contributed by atoms with van der Waals surface area (Å²) in [5.74, 6) is -0.993. The molecule has 1 amide bonds. The molecule has 178 valence electrons. The van der Waals surface area contributed by atoms with Gasteiger partial charge in [-0.15, -0.1) is 0 Å². The Hall–Kier alpha value is -3.82. The van der Waals surface area contributed by atoms with Crippen molar-refractivity contribution in [1.29, 1.82) is 0 Å². The number of methoxy groups -OCH3 is 4. The van der Waals surface area contributed by atoms with Gasteiger partial charge in [0.2, 0.25) is 5.91 Å². The Bertz CT molecular complexity index is 1030. The highest BCUT2D eigenvalue weighted by molar-refractivity contribution is 6.01. The lowest BCUT2D eigenvalue weighted by molar-refractivity contribution is -0.147. The largest absolute Gasteiger partial charge is 0.497 e. The second kappa shape index (κ2) is 11.2. The summed E-state index contributed by atoms with van der Waals surface area (Å²) in [5, 5.41) is 0. The standard InChI is InChI=1S/C23H28N2O8/c1-13-21(23(29)33-6)18(24-22(13)14(2)26)10-19(27)25(12-20(28)32-5)11-15-7-16(30-3)9-17(8-15)31-4/h7-9,24H,10-12H2,1-6H3. The molecule has 1 N–H and O–H groups in total. The van der Waals surface area contributed by atoms with E-state index in [2.05, 4.69) is 4.98 Å². The smallest absolute Gasteiger partial charge is 0.339 e. The number of esters is 2. The zero-order valence-electron chi connectivity index (χ0n) is 19.6. The van der Waals surface area contributed by atoms with Crippen LogP contribution in [0.25, 0.3) is 0 Å². The number of ketones is 1. The minimum absolute atomic E-state index is 0.0499. The van der Waals surface area contributed by atoms with Crippen molar-refractivity contribution < 1.29 is 38.1 Å². The first-order chi connectivity index (χ1) is 15.6. The molecule has 0 radical (unpaired) electrons. The highest BCUT2D eigenvalue weighted by Gasteiger charge is 2.27. The molecule has 0 bridgehead atoms. The molecule has 1 aromatic carbocycles. The van der Waals surface area contributed by atoms with Gasteiger partial charge in [0, 0.05) is 25.2 Å². The summed E-state index contributed by atoms with van der Waals surface area (Å²) in [6, 6.07) is 5.11. The van der Waals surface area contributed by atoms with E-state index in [9.17, 15) is 19.2 Å². The van der Waals surface area contributed by atoms with Gasteiger partial charge in [-0.25, -0.2) is 4.79 Å². The molecule has 0 fully saturated rings. The van der Waals surface area contributed by atoms with E-state index >= 15 is 0 Å². The van der Waals surface area contributed by atoms with E-state index in [-0.39, 0.29) is 42.2 Å². The van der Waals surface area contributed by atoms with E-state index in [1.807, 2.05) is 0 Å². The van der Waals surface area contributed by atoms with Crippen molar-refractivity contribution in [3.63, 3.8) is 0 Å². The number of ether oxygens (including phenoxy) is 4. The van der Waals surface area contributed by atoms with Crippen molar-refractivity contribution in [3.8, 4) is 11.5 Å². The number of aromatic amines is 1. The molecule has 1 aromatic heterocycles. The van der Waals surface area contributed by atoms with Gasteiger partial charge in [-0.2, -0.15) is 0 Å². The molecule has 0 saturated heterocycles. The van der Waals surface area contributed by atoms with Crippen LogP contribution in [-0.4, -0.2) is 68.5 Å². The molecule has 2 aromatic rings. The average molecular weight is 460 g/mol. The molecule has 0 saturated carbocycles. The molecular weight excluding hydrogens is 432 g/mol. The Morgan fingerprint density at radius 3 is 2.03 bits per heavy atom. The minimum atomic E-state index is -0.670. The summed E-state index contributed by atoms with van der Waals surface area (Å²) in [6.07, 6.45) is -0.267. The van der Waals surface area contributed by atoms with Crippen molar-refractivity contribution >= 4 is 23.6 Å². The van der Waals surface area contributed by atoms with Crippen molar-refractivity contribution in [3.05, 3.63) is 46.3 Å². The van der Waals surface area contributed by atoms with Gasteiger partial charge in [-0.3, -0.25) is 14.4 Å². The maximum Gasteiger partial charge on any atom is 0.339 e. The van der Waals surface area contributed by atoms with E-state index < -0.39 is 17.8 Å². The molecule has 1 heterocycles. The topological polar surface area (TPSA) is 124 Å². The number of hydrogen-bond donors (Lipinski definition) is 1. The van der Waals surface area contributed by atoms with Crippen LogP contribution in [0.3, 0.4) is 0 Å². The number of benzene rings is 1. The predicted molar refractivity (Wildman–Crippen MR) is 118 cm³/mol. The highest BCUT2D eigenvalue weighted by atomic mass is 16.5. The van der Waals surface area contributed by atoms with E-state index in [4.69, 9.17) is 18.9 Å². The van der Waals surface area contributed by atoms with Gasteiger partial charge in [0.05, 0.1) is 46.1 Å². The van der Waals surface area contributed by atoms with Crippen molar-refractivity contribution in [1.82, 2.24) is 9.88 Å². The number of carbonyl (C=O) groups excluding carboxylic acids is 4. The fourth-order valence-corrected chi connectivity index (χ4v) is 3.42. The van der Waals surface area contributed by atoms with Crippen LogP contribution in [-0.2, 0) is 32.0 Å². The summed E-state index contributed by atoms with van der Waals surface area (Å²) in [4.78, 5) is 53.6. The van der Waals surface area contributed by atoms with Crippen LogP contribution >= 0.6 is 0 Å². The van der Waals surface area contributed by atoms with Gasteiger partial charge in [0.1, 0.15) is 18.0 Å². The Morgan fingerprint density at radius 1 is 0.939 bits per heavy atom. The summed E-state index contributed by atoms with van der Waals surface area (Å²) in [6.45, 7) is 2.68. The third-order valence-corrected chi connectivity index (χ3v) is 5.08. The number of nitrogens with zero attached hydrogens (tertiary/aromatic N) is 1. The minimum Gasteiger partial charge on any atom is -0.497 e. The molecule has 2 rings (SSSR count). The first-order valence-corrected chi connectivity index (χ1v) is 10.0. The van der Waals surface area contributed by atoms with Crippen LogP contribution < -0.4 is 9.47 Å². The lowest BCUT2D eigenvalue weighted by Gasteiger charge is -2.22. The maximum absolute atomic E-state index is 13.2. The second-order valence-corrected chi connectivity index (χ2v) is 7.25. The van der Waals surface area contributed by atoms with E-state index in [0.717, 1.165) is 0 Å². The molecule has 0 unspecified atom stereocenters. The fourth-order valence-electron chi connectivity index (χ4n) is 3.42.